The van der Waals surface area contributed by atoms with Gasteiger partial charge in [0.25, 0.3) is 5.91 Å². The lowest BCUT2D eigenvalue weighted by Gasteiger charge is -2.10. The Hall–Kier alpha value is -3.35. The summed E-state index contributed by atoms with van der Waals surface area (Å²) in [5.74, 6) is -1.86. The largest absolute Gasteiger partial charge is 0.351 e. The third kappa shape index (κ3) is 4.14. The van der Waals surface area contributed by atoms with Gasteiger partial charge in [-0.05, 0) is 36.4 Å². The monoisotopic (exact) mass is 340 g/mol. The van der Waals surface area contributed by atoms with E-state index in [9.17, 15) is 13.6 Å². The van der Waals surface area contributed by atoms with E-state index in [2.05, 4.69) is 20.6 Å². The fraction of sp³-hybridized carbons (Fsp3) is 0.0556. The number of anilines is 2. The molecular formula is C18H14F2N4O. The highest BCUT2D eigenvalue weighted by Gasteiger charge is 2.11. The number of benzene rings is 1. The fourth-order valence-electron chi connectivity index (χ4n) is 2.16. The quantitative estimate of drug-likeness (QED) is 0.747. The number of aromatic nitrogens is 2. The molecule has 0 aliphatic carbocycles. The van der Waals surface area contributed by atoms with Crippen LogP contribution in [0, 0.1) is 11.6 Å². The smallest absolute Gasteiger partial charge is 0.270 e. The molecule has 2 aromatic heterocycles. The molecule has 0 saturated carbocycles. The van der Waals surface area contributed by atoms with E-state index in [4.69, 9.17) is 0 Å². The second-order valence-electron chi connectivity index (χ2n) is 5.16. The lowest BCUT2D eigenvalue weighted by molar-refractivity contribution is 0.0945. The molecule has 0 aliphatic rings. The maximum atomic E-state index is 13.7. The molecule has 0 atom stereocenters. The van der Waals surface area contributed by atoms with Gasteiger partial charge in [0.1, 0.15) is 23.0 Å². The number of rotatable bonds is 5. The van der Waals surface area contributed by atoms with Gasteiger partial charge >= 0.3 is 0 Å². The summed E-state index contributed by atoms with van der Waals surface area (Å²) in [4.78, 5) is 20.3. The minimum absolute atomic E-state index is 0.123. The first-order valence-corrected chi connectivity index (χ1v) is 7.48. The SMILES string of the molecule is O=C(NCc1ccccn1)c1cc(Nc2c(F)cccc2F)ccn1. The topological polar surface area (TPSA) is 66.9 Å². The molecule has 1 amide bonds. The Bertz CT molecular complexity index is 867. The van der Waals surface area contributed by atoms with Crippen LogP contribution in [0.15, 0.2) is 60.9 Å². The summed E-state index contributed by atoms with van der Waals surface area (Å²) in [5, 5.41) is 5.32. The fourth-order valence-corrected chi connectivity index (χ4v) is 2.16. The standard InChI is InChI=1S/C18H14F2N4O/c19-14-5-3-6-15(20)17(14)24-12-7-9-22-16(10-12)18(25)23-11-13-4-1-2-8-21-13/h1-10H,11H2,(H,22,24)(H,23,25). The molecule has 126 valence electrons. The Labute approximate surface area is 142 Å². The van der Waals surface area contributed by atoms with E-state index in [-0.39, 0.29) is 17.9 Å². The summed E-state index contributed by atoms with van der Waals surface area (Å²) in [6.07, 6.45) is 3.02. The van der Waals surface area contributed by atoms with Crippen LogP contribution in [0.4, 0.5) is 20.2 Å². The van der Waals surface area contributed by atoms with Crippen LogP contribution in [0.25, 0.3) is 0 Å². The summed E-state index contributed by atoms with van der Waals surface area (Å²) >= 11 is 0. The van der Waals surface area contributed by atoms with Crippen molar-refractivity contribution in [2.24, 2.45) is 0 Å². The van der Waals surface area contributed by atoms with Crippen LogP contribution < -0.4 is 10.6 Å². The molecule has 0 unspecified atom stereocenters. The van der Waals surface area contributed by atoms with Gasteiger partial charge in [0.2, 0.25) is 0 Å². The Morgan fingerprint density at radius 2 is 1.76 bits per heavy atom. The van der Waals surface area contributed by atoms with E-state index < -0.39 is 17.5 Å². The molecule has 0 aliphatic heterocycles. The number of carbonyl (C=O) groups excluding carboxylic acids is 1. The Kier molecular flexibility index (Phi) is 4.94. The highest BCUT2D eigenvalue weighted by atomic mass is 19.1. The average molecular weight is 340 g/mol. The molecule has 5 nitrogen and oxygen atoms in total. The van der Waals surface area contributed by atoms with Crippen molar-refractivity contribution < 1.29 is 13.6 Å². The second kappa shape index (κ2) is 7.48. The summed E-state index contributed by atoms with van der Waals surface area (Å²) in [7, 11) is 0. The average Bonchev–Trinajstić information content (AvgIpc) is 2.64. The van der Waals surface area contributed by atoms with Crippen LogP contribution in [0.2, 0.25) is 0 Å². The van der Waals surface area contributed by atoms with Crippen molar-refractivity contribution >= 4 is 17.3 Å². The molecular weight excluding hydrogens is 326 g/mol. The highest BCUT2D eigenvalue weighted by molar-refractivity contribution is 5.93. The molecule has 0 fully saturated rings. The van der Waals surface area contributed by atoms with Crippen molar-refractivity contribution in [3.8, 4) is 0 Å². The normalized spacial score (nSPS) is 10.3. The summed E-state index contributed by atoms with van der Waals surface area (Å²) in [6.45, 7) is 0.251. The first kappa shape index (κ1) is 16.5. The first-order chi connectivity index (χ1) is 12.1. The van der Waals surface area contributed by atoms with E-state index >= 15 is 0 Å². The number of hydrogen-bond acceptors (Lipinski definition) is 4. The number of nitrogens with one attached hydrogen (secondary N) is 2. The predicted molar refractivity (Wildman–Crippen MR) is 89.3 cm³/mol. The Morgan fingerprint density at radius 3 is 2.48 bits per heavy atom. The van der Waals surface area contributed by atoms with Gasteiger partial charge in [-0.3, -0.25) is 14.8 Å². The van der Waals surface area contributed by atoms with E-state index in [1.807, 2.05) is 6.07 Å². The zero-order valence-electron chi connectivity index (χ0n) is 13.0. The molecule has 0 saturated heterocycles. The van der Waals surface area contributed by atoms with Crippen LogP contribution in [-0.4, -0.2) is 15.9 Å². The van der Waals surface area contributed by atoms with Crippen molar-refractivity contribution in [3.63, 3.8) is 0 Å². The molecule has 1 aromatic carbocycles. The molecule has 2 N–H and O–H groups in total. The summed E-state index contributed by atoms with van der Waals surface area (Å²) in [6, 6.07) is 11.9. The molecule has 7 heteroatoms. The number of pyridine rings is 2. The minimum Gasteiger partial charge on any atom is -0.351 e. The van der Waals surface area contributed by atoms with Crippen LogP contribution in [-0.2, 0) is 6.54 Å². The van der Waals surface area contributed by atoms with Gasteiger partial charge in [-0.15, -0.1) is 0 Å². The number of hydrogen-bond donors (Lipinski definition) is 2. The lowest BCUT2D eigenvalue weighted by atomic mass is 10.2. The number of para-hydroxylation sites is 1. The van der Waals surface area contributed by atoms with Crippen LogP contribution in [0.5, 0.6) is 0 Å². The van der Waals surface area contributed by atoms with E-state index in [1.165, 1.54) is 24.4 Å². The molecule has 0 radical (unpaired) electrons. The number of nitrogens with zero attached hydrogens (tertiary/aromatic N) is 2. The number of carbonyl (C=O) groups is 1. The first-order valence-electron chi connectivity index (χ1n) is 7.48. The molecule has 3 aromatic rings. The minimum atomic E-state index is -0.724. The molecule has 25 heavy (non-hydrogen) atoms. The van der Waals surface area contributed by atoms with Crippen LogP contribution >= 0.6 is 0 Å². The van der Waals surface area contributed by atoms with Crippen molar-refractivity contribution in [2.45, 2.75) is 6.54 Å². The summed E-state index contributed by atoms with van der Waals surface area (Å²) < 4.78 is 27.4. The third-order valence-electron chi connectivity index (χ3n) is 3.38. The van der Waals surface area contributed by atoms with Crippen molar-refractivity contribution in [1.29, 1.82) is 0 Å². The van der Waals surface area contributed by atoms with E-state index in [0.717, 1.165) is 12.1 Å². The van der Waals surface area contributed by atoms with Crippen LogP contribution in [0.1, 0.15) is 16.2 Å². The highest BCUT2D eigenvalue weighted by Crippen LogP contribution is 2.23. The van der Waals surface area contributed by atoms with E-state index in [0.29, 0.717) is 11.4 Å². The molecule has 3 rings (SSSR count). The molecule has 2 heterocycles. The number of amides is 1. The van der Waals surface area contributed by atoms with Crippen molar-refractivity contribution in [2.75, 3.05) is 5.32 Å². The van der Waals surface area contributed by atoms with Gasteiger partial charge in [0, 0.05) is 18.1 Å². The van der Waals surface area contributed by atoms with Gasteiger partial charge in [0.15, 0.2) is 0 Å². The Morgan fingerprint density at radius 1 is 0.960 bits per heavy atom. The van der Waals surface area contributed by atoms with Gasteiger partial charge < -0.3 is 10.6 Å². The van der Waals surface area contributed by atoms with Crippen molar-refractivity contribution in [3.05, 3.63) is 83.9 Å². The second-order valence-corrected chi connectivity index (χ2v) is 5.16. The maximum Gasteiger partial charge on any atom is 0.270 e. The third-order valence-corrected chi connectivity index (χ3v) is 3.38. The zero-order valence-corrected chi connectivity index (χ0v) is 13.0. The van der Waals surface area contributed by atoms with E-state index in [1.54, 1.807) is 18.3 Å². The van der Waals surface area contributed by atoms with Crippen molar-refractivity contribution in [1.82, 2.24) is 15.3 Å². The van der Waals surface area contributed by atoms with Crippen LogP contribution in [0.3, 0.4) is 0 Å². The lowest BCUT2D eigenvalue weighted by Crippen LogP contribution is -2.24. The summed E-state index contributed by atoms with van der Waals surface area (Å²) in [5.41, 5.74) is 0.895. The number of halogens is 2. The predicted octanol–water partition coefficient (Wildman–Crippen LogP) is 3.43. The van der Waals surface area contributed by atoms with Gasteiger partial charge in [-0.2, -0.15) is 0 Å². The van der Waals surface area contributed by atoms with Gasteiger partial charge in [-0.25, -0.2) is 8.78 Å². The zero-order chi connectivity index (χ0) is 17.6. The molecule has 0 bridgehead atoms. The van der Waals surface area contributed by atoms with Gasteiger partial charge in [-0.1, -0.05) is 12.1 Å². The maximum absolute atomic E-state index is 13.7. The Balaban J connectivity index is 1.72. The van der Waals surface area contributed by atoms with Gasteiger partial charge in [0.05, 0.1) is 12.2 Å². The molecule has 0 spiro atoms.